The second-order valence-corrected chi connectivity index (χ2v) is 6.12. The van der Waals surface area contributed by atoms with E-state index >= 15 is 0 Å². The molecule has 1 atom stereocenters. The molecular weight excluding hydrogens is 297 g/mol. The van der Waals surface area contributed by atoms with Gasteiger partial charge in [0, 0.05) is 12.5 Å². The van der Waals surface area contributed by atoms with E-state index in [0.717, 1.165) is 19.3 Å². The third-order valence-electron chi connectivity index (χ3n) is 4.11. The van der Waals surface area contributed by atoms with E-state index in [-0.39, 0.29) is 29.3 Å². The summed E-state index contributed by atoms with van der Waals surface area (Å²) >= 11 is 0. The Morgan fingerprint density at radius 2 is 2.09 bits per heavy atom. The van der Waals surface area contributed by atoms with Crippen molar-refractivity contribution < 1.29 is 13.6 Å². The molecule has 6 heteroatoms. The summed E-state index contributed by atoms with van der Waals surface area (Å²) in [7, 11) is 0. The summed E-state index contributed by atoms with van der Waals surface area (Å²) in [5.74, 6) is 0.143. The van der Waals surface area contributed by atoms with Crippen LogP contribution >= 0.6 is 0 Å². The first-order valence-corrected chi connectivity index (χ1v) is 7.96. The van der Waals surface area contributed by atoms with Crippen molar-refractivity contribution in [1.29, 1.82) is 0 Å². The quantitative estimate of drug-likeness (QED) is 0.868. The predicted molar refractivity (Wildman–Crippen MR) is 82.8 cm³/mol. The molecule has 0 spiro atoms. The fourth-order valence-corrected chi connectivity index (χ4v) is 2.90. The standard InChI is InChI=1S/C17H20FN3O2/c1-11(2)17(22)21-10-6-5-9-14(21)16-20-19-15(23-16)12-7-3-4-8-13(12)18/h3-4,7-8,11,14H,5-6,9-10H2,1-2H3. The highest BCUT2D eigenvalue weighted by Crippen LogP contribution is 2.33. The maximum absolute atomic E-state index is 13.8. The van der Waals surface area contributed by atoms with Crippen LogP contribution < -0.4 is 0 Å². The van der Waals surface area contributed by atoms with Gasteiger partial charge in [-0.05, 0) is 31.4 Å². The minimum Gasteiger partial charge on any atom is -0.418 e. The van der Waals surface area contributed by atoms with Crippen LogP contribution in [0, 0.1) is 11.7 Å². The number of hydrogen-bond donors (Lipinski definition) is 0. The Labute approximate surface area is 134 Å². The summed E-state index contributed by atoms with van der Waals surface area (Å²) in [6, 6.07) is 6.07. The maximum atomic E-state index is 13.8. The molecule has 5 nitrogen and oxygen atoms in total. The van der Waals surface area contributed by atoms with E-state index < -0.39 is 5.82 Å². The number of benzene rings is 1. The van der Waals surface area contributed by atoms with Gasteiger partial charge in [0.1, 0.15) is 11.9 Å². The Bertz CT molecular complexity index is 699. The molecule has 3 rings (SSSR count). The molecule has 1 unspecified atom stereocenters. The molecule has 122 valence electrons. The van der Waals surface area contributed by atoms with Crippen molar-refractivity contribution in [2.45, 2.75) is 39.2 Å². The first kappa shape index (κ1) is 15.6. The number of carbonyl (C=O) groups excluding carboxylic acids is 1. The normalized spacial score (nSPS) is 18.4. The molecule has 1 saturated heterocycles. The van der Waals surface area contributed by atoms with Gasteiger partial charge >= 0.3 is 0 Å². The average molecular weight is 317 g/mol. The molecule has 1 aliphatic heterocycles. The van der Waals surface area contributed by atoms with Crippen LogP contribution in [0.5, 0.6) is 0 Å². The summed E-state index contributed by atoms with van der Waals surface area (Å²) in [6.45, 7) is 4.46. The molecule has 2 aromatic rings. The van der Waals surface area contributed by atoms with E-state index in [0.29, 0.717) is 12.4 Å². The first-order valence-electron chi connectivity index (χ1n) is 7.96. The summed E-state index contributed by atoms with van der Waals surface area (Å²) in [5, 5.41) is 8.04. The number of carbonyl (C=O) groups is 1. The van der Waals surface area contributed by atoms with Gasteiger partial charge in [-0.2, -0.15) is 0 Å². The molecule has 0 radical (unpaired) electrons. The van der Waals surface area contributed by atoms with Crippen LogP contribution in [-0.4, -0.2) is 27.5 Å². The van der Waals surface area contributed by atoms with Gasteiger partial charge in [0.2, 0.25) is 11.8 Å². The lowest BCUT2D eigenvalue weighted by molar-refractivity contribution is -0.139. The number of halogens is 1. The van der Waals surface area contributed by atoms with Crippen molar-refractivity contribution >= 4 is 5.91 Å². The Kier molecular flexibility index (Phi) is 4.41. The molecule has 0 bridgehead atoms. The minimum absolute atomic E-state index is 0.0791. The zero-order chi connectivity index (χ0) is 16.4. The van der Waals surface area contributed by atoms with Crippen LogP contribution in [0.4, 0.5) is 4.39 Å². The van der Waals surface area contributed by atoms with E-state index in [9.17, 15) is 9.18 Å². The Balaban J connectivity index is 1.89. The Morgan fingerprint density at radius 3 is 2.83 bits per heavy atom. The van der Waals surface area contributed by atoms with Gasteiger partial charge in [-0.15, -0.1) is 10.2 Å². The molecular formula is C17H20FN3O2. The lowest BCUT2D eigenvalue weighted by Crippen LogP contribution is -2.40. The lowest BCUT2D eigenvalue weighted by Gasteiger charge is -2.34. The summed E-state index contributed by atoms with van der Waals surface area (Å²) in [6.07, 6.45) is 2.77. The van der Waals surface area contributed by atoms with E-state index in [2.05, 4.69) is 10.2 Å². The summed E-state index contributed by atoms with van der Waals surface area (Å²) in [5.41, 5.74) is 0.281. The molecule has 1 aromatic heterocycles. The van der Waals surface area contributed by atoms with Crippen molar-refractivity contribution in [3.63, 3.8) is 0 Å². The van der Waals surface area contributed by atoms with Gasteiger partial charge < -0.3 is 9.32 Å². The average Bonchev–Trinajstić information content (AvgIpc) is 3.04. The van der Waals surface area contributed by atoms with Crippen LogP contribution in [-0.2, 0) is 4.79 Å². The van der Waals surface area contributed by atoms with E-state index in [4.69, 9.17) is 4.42 Å². The SMILES string of the molecule is CC(C)C(=O)N1CCCCC1c1nnc(-c2ccccc2F)o1. The van der Waals surface area contributed by atoms with Gasteiger partial charge in [0.25, 0.3) is 5.89 Å². The molecule has 2 heterocycles. The van der Waals surface area contributed by atoms with E-state index in [1.54, 1.807) is 18.2 Å². The third kappa shape index (κ3) is 3.11. The number of amides is 1. The summed E-state index contributed by atoms with van der Waals surface area (Å²) in [4.78, 5) is 14.2. The number of hydrogen-bond acceptors (Lipinski definition) is 4. The fraction of sp³-hybridized carbons (Fsp3) is 0.471. The number of nitrogens with zero attached hydrogens (tertiary/aromatic N) is 3. The topological polar surface area (TPSA) is 59.2 Å². The first-order chi connectivity index (χ1) is 11.1. The largest absolute Gasteiger partial charge is 0.418 e. The van der Waals surface area contributed by atoms with E-state index in [1.807, 2.05) is 18.7 Å². The van der Waals surface area contributed by atoms with Crippen LogP contribution in [0.25, 0.3) is 11.5 Å². The fourth-order valence-electron chi connectivity index (χ4n) is 2.90. The number of piperidine rings is 1. The van der Waals surface area contributed by atoms with Crippen LogP contribution in [0.15, 0.2) is 28.7 Å². The summed E-state index contributed by atoms with van der Waals surface area (Å²) < 4.78 is 19.5. The molecule has 1 fully saturated rings. The maximum Gasteiger partial charge on any atom is 0.250 e. The van der Waals surface area contributed by atoms with Crippen molar-refractivity contribution in [1.82, 2.24) is 15.1 Å². The number of aromatic nitrogens is 2. The van der Waals surface area contributed by atoms with Gasteiger partial charge in [0.15, 0.2) is 0 Å². The van der Waals surface area contributed by atoms with Gasteiger partial charge in [-0.1, -0.05) is 26.0 Å². The Morgan fingerprint density at radius 1 is 1.30 bits per heavy atom. The Hall–Kier alpha value is -2.24. The van der Waals surface area contributed by atoms with Crippen molar-refractivity contribution in [2.24, 2.45) is 5.92 Å². The molecule has 0 aliphatic carbocycles. The zero-order valence-corrected chi connectivity index (χ0v) is 13.3. The molecule has 1 aromatic carbocycles. The van der Waals surface area contributed by atoms with Gasteiger partial charge in [-0.25, -0.2) is 4.39 Å². The van der Waals surface area contributed by atoms with E-state index in [1.165, 1.54) is 6.07 Å². The minimum atomic E-state index is -0.401. The predicted octanol–water partition coefficient (Wildman–Crippen LogP) is 3.59. The molecule has 1 aliphatic rings. The van der Waals surface area contributed by atoms with Crippen molar-refractivity contribution in [3.8, 4) is 11.5 Å². The third-order valence-corrected chi connectivity index (χ3v) is 4.11. The monoisotopic (exact) mass is 317 g/mol. The highest BCUT2D eigenvalue weighted by Gasteiger charge is 2.33. The van der Waals surface area contributed by atoms with Crippen molar-refractivity contribution in [3.05, 3.63) is 36.0 Å². The van der Waals surface area contributed by atoms with Crippen LogP contribution in [0.3, 0.4) is 0 Å². The lowest BCUT2D eigenvalue weighted by atomic mass is 10.00. The highest BCUT2D eigenvalue weighted by molar-refractivity contribution is 5.78. The van der Waals surface area contributed by atoms with Crippen LogP contribution in [0.2, 0.25) is 0 Å². The zero-order valence-electron chi connectivity index (χ0n) is 13.3. The van der Waals surface area contributed by atoms with Crippen molar-refractivity contribution in [2.75, 3.05) is 6.54 Å². The number of rotatable bonds is 3. The molecule has 0 saturated carbocycles. The van der Waals surface area contributed by atoms with Crippen LogP contribution in [0.1, 0.15) is 45.0 Å². The second kappa shape index (κ2) is 6.48. The molecule has 1 amide bonds. The van der Waals surface area contributed by atoms with Gasteiger partial charge in [0.05, 0.1) is 5.56 Å². The smallest absolute Gasteiger partial charge is 0.250 e. The highest BCUT2D eigenvalue weighted by atomic mass is 19.1. The second-order valence-electron chi connectivity index (χ2n) is 6.12. The van der Waals surface area contributed by atoms with Gasteiger partial charge in [-0.3, -0.25) is 4.79 Å². The molecule has 0 N–H and O–H groups in total. The number of likely N-dealkylation sites (tertiary alicyclic amines) is 1. The molecule has 23 heavy (non-hydrogen) atoms.